The van der Waals surface area contributed by atoms with Crippen LogP contribution in [-0.4, -0.2) is 5.67 Å². The van der Waals surface area contributed by atoms with E-state index in [-0.39, 0.29) is 0 Å². The van der Waals surface area contributed by atoms with Crippen molar-refractivity contribution < 1.29 is 4.39 Å². The van der Waals surface area contributed by atoms with Crippen LogP contribution in [0.3, 0.4) is 0 Å². The summed E-state index contributed by atoms with van der Waals surface area (Å²) in [5, 5.41) is 0. The van der Waals surface area contributed by atoms with Gasteiger partial charge in [-0.05, 0) is 62.7 Å². The van der Waals surface area contributed by atoms with Gasteiger partial charge in [-0.2, -0.15) is 0 Å². The molecule has 2 fully saturated rings. The maximum atomic E-state index is 14.7. The van der Waals surface area contributed by atoms with Gasteiger partial charge in [-0.3, -0.25) is 0 Å². The van der Waals surface area contributed by atoms with Crippen molar-refractivity contribution in [3.8, 4) is 0 Å². The van der Waals surface area contributed by atoms with Crippen molar-refractivity contribution in [2.75, 3.05) is 0 Å². The number of alkyl halides is 1. The molecule has 0 nitrogen and oxygen atoms in total. The quantitative estimate of drug-likeness (QED) is 0.408. The van der Waals surface area contributed by atoms with E-state index in [1.54, 1.807) is 0 Å². The van der Waals surface area contributed by atoms with Gasteiger partial charge in [-0.15, -0.1) is 0 Å². The first-order valence-corrected chi connectivity index (χ1v) is 10.4. The fourth-order valence-electron chi connectivity index (χ4n) is 5.00. The number of hydrogen-bond donors (Lipinski definition) is 0. The van der Waals surface area contributed by atoms with E-state index in [1.165, 1.54) is 64.2 Å². The highest BCUT2D eigenvalue weighted by Gasteiger charge is 2.37. The Bertz CT molecular complexity index is 282. The topological polar surface area (TPSA) is 0 Å². The van der Waals surface area contributed by atoms with Gasteiger partial charge in [0.1, 0.15) is 5.67 Å². The summed E-state index contributed by atoms with van der Waals surface area (Å²) in [6.45, 7) is 4.47. The van der Waals surface area contributed by atoms with Crippen LogP contribution in [0, 0.1) is 17.8 Å². The van der Waals surface area contributed by atoms with Gasteiger partial charge in [0, 0.05) is 0 Å². The first-order valence-electron chi connectivity index (χ1n) is 10.4. The predicted octanol–water partition coefficient (Wildman–Crippen LogP) is 7.46. The van der Waals surface area contributed by atoms with E-state index in [0.29, 0.717) is 0 Å². The molecule has 130 valence electrons. The minimum atomic E-state index is -0.802. The standard InChI is InChI=1S/C21H39F/c1-3-5-7-8-18-9-11-19(12-10-18)20-13-16-21(22,17-14-20)15-6-4-2/h18-20H,3-17H2,1-2H3. The van der Waals surface area contributed by atoms with Crippen LogP contribution in [0.1, 0.15) is 110 Å². The molecule has 0 aliphatic heterocycles. The molecule has 2 rings (SSSR count). The number of hydrogen-bond acceptors (Lipinski definition) is 0. The Hall–Kier alpha value is -0.0700. The summed E-state index contributed by atoms with van der Waals surface area (Å²) in [6.07, 6.45) is 18.6. The van der Waals surface area contributed by atoms with Gasteiger partial charge in [-0.1, -0.05) is 65.2 Å². The Balaban J connectivity index is 1.66. The SMILES string of the molecule is CCCCCC1CCC(C2CCC(F)(CCCC)CC2)CC1. The third kappa shape index (κ3) is 5.53. The molecule has 0 aromatic heterocycles. The monoisotopic (exact) mass is 310 g/mol. The second kappa shape index (κ2) is 9.28. The fraction of sp³-hybridized carbons (Fsp3) is 1.00. The maximum absolute atomic E-state index is 14.7. The molecule has 2 aliphatic carbocycles. The van der Waals surface area contributed by atoms with Gasteiger partial charge >= 0.3 is 0 Å². The minimum absolute atomic E-state index is 0.802. The summed E-state index contributed by atoms with van der Waals surface area (Å²) in [5.74, 6) is 2.79. The lowest BCUT2D eigenvalue weighted by atomic mass is 9.67. The van der Waals surface area contributed by atoms with E-state index < -0.39 is 5.67 Å². The molecule has 0 aromatic rings. The number of unbranched alkanes of at least 4 members (excludes halogenated alkanes) is 3. The van der Waals surface area contributed by atoms with E-state index >= 15 is 0 Å². The minimum Gasteiger partial charge on any atom is -0.244 e. The normalized spacial score (nSPS) is 36.4. The molecule has 0 atom stereocenters. The van der Waals surface area contributed by atoms with Gasteiger partial charge < -0.3 is 0 Å². The lowest BCUT2D eigenvalue weighted by molar-refractivity contribution is 0.0459. The second-order valence-corrected chi connectivity index (χ2v) is 8.37. The Labute approximate surface area is 138 Å². The predicted molar refractivity (Wildman–Crippen MR) is 94.9 cm³/mol. The van der Waals surface area contributed by atoms with Crippen LogP contribution in [0.25, 0.3) is 0 Å². The van der Waals surface area contributed by atoms with E-state index in [4.69, 9.17) is 0 Å². The number of halogens is 1. The highest BCUT2D eigenvalue weighted by atomic mass is 19.1. The molecular formula is C21H39F. The largest absolute Gasteiger partial charge is 0.244 e. The lowest BCUT2D eigenvalue weighted by Gasteiger charge is -2.40. The van der Waals surface area contributed by atoms with Crippen molar-refractivity contribution in [2.24, 2.45) is 17.8 Å². The van der Waals surface area contributed by atoms with Gasteiger partial charge in [0.2, 0.25) is 0 Å². The van der Waals surface area contributed by atoms with Crippen molar-refractivity contribution in [3.63, 3.8) is 0 Å². The second-order valence-electron chi connectivity index (χ2n) is 8.37. The maximum Gasteiger partial charge on any atom is 0.111 e. The van der Waals surface area contributed by atoms with Crippen LogP contribution in [-0.2, 0) is 0 Å². The smallest absolute Gasteiger partial charge is 0.111 e. The fourth-order valence-corrected chi connectivity index (χ4v) is 5.00. The van der Waals surface area contributed by atoms with Gasteiger partial charge in [0.15, 0.2) is 0 Å². The van der Waals surface area contributed by atoms with Crippen molar-refractivity contribution >= 4 is 0 Å². The molecule has 0 aromatic carbocycles. The third-order valence-corrected chi connectivity index (χ3v) is 6.68. The van der Waals surface area contributed by atoms with Gasteiger partial charge in [0.25, 0.3) is 0 Å². The van der Waals surface area contributed by atoms with Gasteiger partial charge in [0.05, 0.1) is 0 Å². The molecule has 1 heteroatoms. The molecule has 0 bridgehead atoms. The molecule has 0 unspecified atom stereocenters. The molecule has 0 heterocycles. The summed E-state index contributed by atoms with van der Waals surface area (Å²) in [5.41, 5.74) is -0.802. The Morgan fingerprint density at radius 1 is 0.773 bits per heavy atom. The van der Waals surface area contributed by atoms with Gasteiger partial charge in [-0.25, -0.2) is 4.39 Å². The molecule has 2 saturated carbocycles. The zero-order valence-electron chi connectivity index (χ0n) is 15.2. The zero-order valence-corrected chi connectivity index (χ0v) is 15.2. The van der Waals surface area contributed by atoms with E-state index in [2.05, 4.69) is 13.8 Å². The Morgan fingerprint density at radius 2 is 1.36 bits per heavy atom. The zero-order chi connectivity index (χ0) is 15.8. The summed E-state index contributed by atoms with van der Waals surface area (Å²) < 4.78 is 14.7. The van der Waals surface area contributed by atoms with Crippen LogP contribution in [0.15, 0.2) is 0 Å². The third-order valence-electron chi connectivity index (χ3n) is 6.68. The number of rotatable bonds is 8. The molecule has 0 saturated heterocycles. The summed E-state index contributed by atoms with van der Waals surface area (Å²) >= 11 is 0. The Kier molecular flexibility index (Phi) is 7.71. The van der Waals surface area contributed by atoms with Crippen LogP contribution in [0.2, 0.25) is 0 Å². The van der Waals surface area contributed by atoms with Crippen molar-refractivity contribution in [2.45, 2.75) is 116 Å². The average Bonchev–Trinajstić information content (AvgIpc) is 2.55. The molecular weight excluding hydrogens is 271 g/mol. The molecule has 0 radical (unpaired) electrons. The summed E-state index contributed by atoms with van der Waals surface area (Å²) in [4.78, 5) is 0. The van der Waals surface area contributed by atoms with E-state index in [1.807, 2.05) is 0 Å². The average molecular weight is 311 g/mol. The first-order chi connectivity index (χ1) is 10.7. The van der Waals surface area contributed by atoms with Crippen LogP contribution in [0.4, 0.5) is 4.39 Å². The first kappa shape index (κ1) is 18.3. The summed E-state index contributed by atoms with van der Waals surface area (Å²) in [6, 6.07) is 0. The molecule has 0 amide bonds. The molecule has 0 spiro atoms. The molecule has 2 aliphatic rings. The van der Waals surface area contributed by atoms with Crippen molar-refractivity contribution in [3.05, 3.63) is 0 Å². The van der Waals surface area contributed by atoms with Crippen molar-refractivity contribution in [1.29, 1.82) is 0 Å². The highest BCUT2D eigenvalue weighted by molar-refractivity contribution is 4.89. The van der Waals surface area contributed by atoms with E-state index in [0.717, 1.165) is 49.9 Å². The van der Waals surface area contributed by atoms with Crippen LogP contribution >= 0.6 is 0 Å². The van der Waals surface area contributed by atoms with Crippen molar-refractivity contribution in [1.82, 2.24) is 0 Å². The van der Waals surface area contributed by atoms with Crippen LogP contribution < -0.4 is 0 Å². The van der Waals surface area contributed by atoms with E-state index in [9.17, 15) is 4.39 Å². The molecule has 0 N–H and O–H groups in total. The Morgan fingerprint density at radius 3 is 1.95 bits per heavy atom. The lowest BCUT2D eigenvalue weighted by Crippen LogP contribution is -2.33. The van der Waals surface area contributed by atoms with Crippen LogP contribution in [0.5, 0.6) is 0 Å². The summed E-state index contributed by atoms with van der Waals surface area (Å²) in [7, 11) is 0. The molecule has 22 heavy (non-hydrogen) atoms. The highest BCUT2D eigenvalue weighted by Crippen LogP contribution is 2.45.